The molecule has 0 amide bonds. The molecule has 3 nitrogen and oxygen atoms in total. The molecule has 6 aromatic carbocycles. The van der Waals surface area contributed by atoms with Crippen molar-refractivity contribution in [2.75, 3.05) is 0 Å². The normalized spacial score (nSPS) is 13.3. The minimum atomic E-state index is -2.38. The number of ether oxygens (including phenoxy) is 1. The second-order valence-electron chi connectivity index (χ2n) is 21.4. The molecule has 1 aliphatic rings. The van der Waals surface area contributed by atoms with Crippen molar-refractivity contribution in [3.05, 3.63) is 191 Å². The SMILES string of the molecule is [2H]C([2H])([2H])c1cccc(-c2cc(Oc3cccc(-c4cc(-c5c(C(C)C)cccc5C(C)C)ccn4)c3)c3c(c2)B(c2c(C(C)C)cccc2C(C)C)c2ccccc2B3c2c(C(C)C)cccc2C(C)C)n1. The number of fused-ring (bicyclic) bond motifs is 2. The van der Waals surface area contributed by atoms with E-state index in [-0.39, 0.29) is 42.8 Å². The van der Waals surface area contributed by atoms with Gasteiger partial charge in [0.2, 0.25) is 13.4 Å². The predicted octanol–water partition coefficient (Wildman–Crippen LogP) is 13.7. The van der Waals surface area contributed by atoms with Crippen LogP contribution in [0.15, 0.2) is 152 Å². The van der Waals surface area contributed by atoms with Gasteiger partial charge in [-0.1, -0.05) is 214 Å². The lowest BCUT2D eigenvalue weighted by molar-refractivity contribution is 0.487. The lowest BCUT2D eigenvalue weighted by atomic mass is 9.19. The maximum Gasteiger partial charge on any atom is 0.245 e. The van der Waals surface area contributed by atoms with Crippen molar-refractivity contribution in [2.45, 2.75) is 125 Å². The van der Waals surface area contributed by atoms with E-state index in [1.807, 2.05) is 24.4 Å². The Morgan fingerprint density at radius 3 is 1.49 bits per heavy atom. The van der Waals surface area contributed by atoms with Crippen LogP contribution in [0.2, 0.25) is 0 Å². The summed E-state index contributed by atoms with van der Waals surface area (Å²) in [7, 11) is 0. The van der Waals surface area contributed by atoms with Crippen molar-refractivity contribution in [3.8, 4) is 45.1 Å². The van der Waals surface area contributed by atoms with Gasteiger partial charge >= 0.3 is 0 Å². The highest BCUT2D eigenvalue weighted by Crippen LogP contribution is 2.38. The van der Waals surface area contributed by atoms with Gasteiger partial charge in [0.05, 0.1) is 11.4 Å². The first-order valence-corrected chi connectivity index (χ1v) is 25.7. The molecule has 0 atom stereocenters. The third-order valence-electron chi connectivity index (χ3n) is 14.6. The van der Waals surface area contributed by atoms with Crippen LogP contribution in [0.1, 0.15) is 162 Å². The quantitative estimate of drug-likeness (QED) is 0.108. The first-order valence-electron chi connectivity index (χ1n) is 27.2. The van der Waals surface area contributed by atoms with E-state index < -0.39 is 6.85 Å². The molecule has 0 saturated heterocycles. The standard InChI is InChI=1S/C65H70B2N2O/c1-39(2)50-24-18-25-51(40(3)4)62(50)47-33-34-68-60(37-47)46-22-17-23-49(35-46)70-61-38-48(59-32-16-21-45(13)69-59)36-58-65(61)67(64-54(43(9)10)28-20-29-55(64)44(11)12)57-31-15-14-30-56(57)66(58)63-52(41(5)6)26-19-27-53(63)42(7)8/h14-44H,1-13H3/i13D3. The van der Waals surface area contributed by atoms with Crippen molar-refractivity contribution >= 4 is 46.2 Å². The van der Waals surface area contributed by atoms with Crippen LogP contribution in [-0.2, 0) is 0 Å². The Balaban J connectivity index is 1.36. The summed E-state index contributed by atoms with van der Waals surface area (Å²) in [5.41, 5.74) is 21.0. The number of aromatic nitrogens is 2. The van der Waals surface area contributed by atoms with Gasteiger partial charge in [-0.3, -0.25) is 9.97 Å². The maximum atomic E-state index is 8.41. The van der Waals surface area contributed by atoms with E-state index in [2.05, 4.69) is 204 Å². The van der Waals surface area contributed by atoms with E-state index in [4.69, 9.17) is 18.8 Å². The van der Waals surface area contributed by atoms with Gasteiger partial charge < -0.3 is 4.74 Å². The highest BCUT2D eigenvalue weighted by atomic mass is 16.5. The summed E-state index contributed by atoms with van der Waals surface area (Å²) in [6.45, 7) is 24.7. The zero-order valence-corrected chi connectivity index (χ0v) is 43.4. The molecule has 0 aliphatic carbocycles. The summed E-state index contributed by atoms with van der Waals surface area (Å²) in [5.74, 6) is 3.09. The van der Waals surface area contributed by atoms with Crippen LogP contribution in [0.25, 0.3) is 33.6 Å². The molecule has 2 aromatic heterocycles. The second kappa shape index (κ2) is 20.1. The van der Waals surface area contributed by atoms with E-state index in [1.54, 1.807) is 6.07 Å². The molecule has 0 spiro atoms. The number of pyridine rings is 2. The fourth-order valence-electron chi connectivity index (χ4n) is 11.4. The summed E-state index contributed by atoms with van der Waals surface area (Å²) in [4.78, 5) is 9.88. The molecule has 3 heterocycles. The van der Waals surface area contributed by atoms with E-state index in [1.165, 1.54) is 60.8 Å². The maximum absolute atomic E-state index is 8.41. The van der Waals surface area contributed by atoms with Crippen molar-refractivity contribution in [2.24, 2.45) is 0 Å². The number of hydrogen-bond donors (Lipinski definition) is 0. The minimum Gasteiger partial charge on any atom is -0.458 e. The Bertz CT molecular complexity index is 3240. The van der Waals surface area contributed by atoms with Gasteiger partial charge in [0, 0.05) is 27.1 Å². The molecule has 9 rings (SSSR count). The Kier molecular flexibility index (Phi) is 12.9. The molecule has 70 heavy (non-hydrogen) atoms. The van der Waals surface area contributed by atoms with Crippen LogP contribution >= 0.6 is 0 Å². The van der Waals surface area contributed by atoms with Crippen LogP contribution in [0.4, 0.5) is 0 Å². The van der Waals surface area contributed by atoms with Gasteiger partial charge in [-0.2, -0.15) is 0 Å². The Morgan fingerprint density at radius 2 is 0.929 bits per heavy atom. The molecule has 0 radical (unpaired) electrons. The molecular formula is C65H70B2N2O. The molecule has 0 fully saturated rings. The van der Waals surface area contributed by atoms with Crippen molar-refractivity contribution < 1.29 is 8.85 Å². The van der Waals surface area contributed by atoms with Gasteiger partial charge in [-0.25, -0.2) is 0 Å². The average molecular weight is 920 g/mol. The molecule has 0 saturated carbocycles. The lowest BCUT2D eigenvalue weighted by Crippen LogP contribution is -2.76. The van der Waals surface area contributed by atoms with Gasteiger partial charge in [-0.05, 0) is 135 Å². The molecule has 0 unspecified atom stereocenters. The average Bonchev–Trinajstić information content (AvgIpc) is 3.37. The molecule has 0 bridgehead atoms. The third-order valence-corrected chi connectivity index (χ3v) is 14.6. The highest BCUT2D eigenvalue weighted by Gasteiger charge is 2.44. The fourth-order valence-corrected chi connectivity index (χ4v) is 11.4. The molecule has 8 aromatic rings. The van der Waals surface area contributed by atoms with Gasteiger partial charge in [0.1, 0.15) is 11.5 Å². The lowest BCUT2D eigenvalue weighted by Gasteiger charge is -2.38. The third kappa shape index (κ3) is 9.21. The Morgan fingerprint density at radius 1 is 0.414 bits per heavy atom. The van der Waals surface area contributed by atoms with E-state index >= 15 is 0 Å². The summed E-state index contributed by atoms with van der Waals surface area (Å²) in [6.07, 6.45) is 1.93. The fraction of sp³-hybridized carbons (Fsp3) is 0.292. The number of hydrogen-bond acceptors (Lipinski definition) is 3. The molecule has 352 valence electrons. The largest absolute Gasteiger partial charge is 0.458 e. The topological polar surface area (TPSA) is 35.0 Å². The monoisotopic (exact) mass is 920 g/mol. The number of benzene rings is 6. The first kappa shape index (κ1) is 44.7. The molecule has 5 heteroatoms. The molecule has 0 N–H and O–H groups in total. The number of nitrogens with zero attached hydrogens (tertiary/aromatic N) is 2. The van der Waals surface area contributed by atoms with E-state index in [9.17, 15) is 0 Å². The van der Waals surface area contributed by atoms with Crippen LogP contribution < -0.4 is 37.5 Å². The van der Waals surface area contributed by atoms with E-state index in [0.29, 0.717) is 29.0 Å². The highest BCUT2D eigenvalue weighted by molar-refractivity contribution is 7.12. The zero-order valence-electron chi connectivity index (χ0n) is 46.4. The van der Waals surface area contributed by atoms with Crippen molar-refractivity contribution in [1.82, 2.24) is 9.97 Å². The molecule has 1 aliphatic heterocycles. The van der Waals surface area contributed by atoms with Crippen LogP contribution in [0.3, 0.4) is 0 Å². The van der Waals surface area contributed by atoms with Crippen molar-refractivity contribution in [3.63, 3.8) is 0 Å². The van der Waals surface area contributed by atoms with E-state index in [0.717, 1.165) is 33.3 Å². The van der Waals surface area contributed by atoms with Gasteiger partial charge in [-0.15, -0.1) is 0 Å². The Hall–Kier alpha value is -6.45. The number of rotatable bonds is 13. The summed E-state index contributed by atoms with van der Waals surface area (Å²) in [6, 6.07) is 52.0. The Labute approximate surface area is 424 Å². The minimum absolute atomic E-state index is 0.0589. The number of aryl methyl sites for hydroxylation is 1. The van der Waals surface area contributed by atoms with Crippen LogP contribution in [-0.4, -0.2) is 23.4 Å². The smallest absolute Gasteiger partial charge is 0.245 e. The summed E-state index contributed by atoms with van der Waals surface area (Å²) in [5, 5.41) is 0. The van der Waals surface area contributed by atoms with Gasteiger partial charge in [0.25, 0.3) is 0 Å². The zero-order chi connectivity index (χ0) is 52.0. The summed E-state index contributed by atoms with van der Waals surface area (Å²) >= 11 is 0. The summed E-state index contributed by atoms with van der Waals surface area (Å²) < 4.78 is 32.8. The van der Waals surface area contributed by atoms with Crippen molar-refractivity contribution in [1.29, 1.82) is 0 Å². The van der Waals surface area contributed by atoms with Gasteiger partial charge in [0.15, 0.2) is 0 Å². The predicted molar refractivity (Wildman–Crippen MR) is 303 cm³/mol. The van der Waals surface area contributed by atoms with Crippen LogP contribution in [0.5, 0.6) is 11.5 Å². The van der Waals surface area contributed by atoms with Crippen LogP contribution in [0, 0.1) is 6.85 Å². The first-order chi connectivity index (χ1) is 34.8. The molecular weight excluding hydrogens is 846 g/mol. The second-order valence-corrected chi connectivity index (χ2v) is 21.4.